The summed E-state index contributed by atoms with van der Waals surface area (Å²) in [6.07, 6.45) is 1.13. The van der Waals surface area contributed by atoms with Crippen LogP contribution in [0.15, 0.2) is 0 Å². The Morgan fingerprint density at radius 1 is 1.22 bits per heavy atom. The van der Waals surface area contributed by atoms with E-state index >= 15 is 0 Å². The zero-order chi connectivity index (χ0) is 13.1. The first-order chi connectivity index (χ1) is 8.63. The second-order valence-corrected chi connectivity index (χ2v) is 5.40. The molecule has 0 amide bonds. The van der Waals surface area contributed by atoms with Gasteiger partial charge in [0, 0.05) is 12.2 Å². The number of rotatable bonds is 5. The van der Waals surface area contributed by atoms with Crippen LogP contribution >= 0.6 is 11.3 Å². The molecule has 0 aliphatic rings. The van der Waals surface area contributed by atoms with Crippen LogP contribution in [0.4, 0.5) is 0 Å². The Hall–Kier alpha value is -1.27. The fourth-order valence-corrected chi connectivity index (χ4v) is 2.49. The average Bonchev–Trinajstić information content (AvgIpc) is 2.91. The Morgan fingerprint density at radius 2 is 2.00 bits per heavy atom. The van der Waals surface area contributed by atoms with Gasteiger partial charge in [0.1, 0.15) is 5.01 Å². The molecule has 0 aromatic carbocycles. The van der Waals surface area contributed by atoms with Crippen molar-refractivity contribution in [2.24, 2.45) is 0 Å². The third-order valence-corrected chi connectivity index (χ3v) is 3.89. The van der Waals surface area contributed by atoms with Gasteiger partial charge >= 0.3 is 0 Å². The van der Waals surface area contributed by atoms with E-state index < -0.39 is 0 Å². The van der Waals surface area contributed by atoms with Crippen molar-refractivity contribution >= 4 is 11.3 Å². The van der Waals surface area contributed by atoms with Gasteiger partial charge in [-0.15, -0.1) is 10.2 Å². The van der Waals surface area contributed by atoms with Gasteiger partial charge in [0.25, 0.3) is 0 Å². The summed E-state index contributed by atoms with van der Waals surface area (Å²) in [6, 6.07) is 0. The molecule has 2 aromatic rings. The minimum atomic E-state index is 0.782. The van der Waals surface area contributed by atoms with Crippen molar-refractivity contribution in [3.63, 3.8) is 0 Å². The highest BCUT2D eigenvalue weighted by molar-refractivity contribution is 7.13. The van der Waals surface area contributed by atoms with Gasteiger partial charge in [-0.3, -0.25) is 0 Å². The minimum Gasteiger partial charge on any atom is -0.310 e. The molecule has 0 radical (unpaired) electrons. The Balaban J connectivity index is 2.16. The smallest absolute Gasteiger partial charge is 0.233 e. The molecule has 6 heteroatoms. The highest BCUT2D eigenvalue weighted by Gasteiger charge is 2.12. The van der Waals surface area contributed by atoms with E-state index in [4.69, 9.17) is 0 Å². The van der Waals surface area contributed by atoms with Gasteiger partial charge in [0.2, 0.25) is 5.13 Å². The van der Waals surface area contributed by atoms with Crippen LogP contribution in [0.3, 0.4) is 0 Å². The lowest BCUT2D eigenvalue weighted by molar-refractivity contribution is 0.667. The van der Waals surface area contributed by atoms with E-state index in [1.807, 2.05) is 11.6 Å². The maximum absolute atomic E-state index is 4.49. The molecule has 0 aliphatic heterocycles. The summed E-state index contributed by atoms with van der Waals surface area (Å²) >= 11 is 1.59. The Bertz CT molecular complexity index is 529. The topological polar surface area (TPSA) is 55.6 Å². The fourth-order valence-electron chi connectivity index (χ4n) is 1.68. The van der Waals surface area contributed by atoms with Crippen molar-refractivity contribution in [2.45, 2.75) is 40.7 Å². The van der Waals surface area contributed by atoms with Gasteiger partial charge < -0.3 is 5.32 Å². The van der Waals surface area contributed by atoms with Crippen LogP contribution in [0.1, 0.15) is 35.3 Å². The van der Waals surface area contributed by atoms with E-state index in [1.54, 1.807) is 11.3 Å². The third-order valence-electron chi connectivity index (χ3n) is 2.99. The van der Waals surface area contributed by atoms with Gasteiger partial charge in [-0.2, -0.15) is 5.10 Å². The standard InChI is InChI=1S/C12H19N5S/c1-5-6-13-7-11-14-15-12(18-11)17-10(4)8(2)9(3)16-17/h13H,5-7H2,1-4H3. The molecule has 0 atom stereocenters. The largest absolute Gasteiger partial charge is 0.310 e. The molecule has 2 aromatic heterocycles. The number of aromatic nitrogens is 4. The van der Waals surface area contributed by atoms with Gasteiger partial charge in [0.15, 0.2) is 0 Å². The van der Waals surface area contributed by atoms with Crippen molar-refractivity contribution in [2.75, 3.05) is 6.54 Å². The molecule has 98 valence electrons. The molecule has 0 unspecified atom stereocenters. The predicted octanol–water partition coefficient (Wildman–Crippen LogP) is 2.15. The maximum Gasteiger partial charge on any atom is 0.233 e. The lowest BCUT2D eigenvalue weighted by Gasteiger charge is -1.98. The summed E-state index contributed by atoms with van der Waals surface area (Å²) in [4.78, 5) is 0. The molecular weight excluding hydrogens is 246 g/mol. The number of hydrogen-bond acceptors (Lipinski definition) is 5. The SMILES string of the molecule is CCCNCc1nnc(-n2nc(C)c(C)c2C)s1. The molecule has 0 bridgehead atoms. The second kappa shape index (κ2) is 5.58. The lowest BCUT2D eigenvalue weighted by Crippen LogP contribution is -2.13. The summed E-state index contributed by atoms with van der Waals surface area (Å²) in [5, 5.41) is 18.1. The Labute approximate surface area is 111 Å². The van der Waals surface area contributed by atoms with Crippen LogP contribution in [0, 0.1) is 20.8 Å². The van der Waals surface area contributed by atoms with Crippen molar-refractivity contribution in [1.29, 1.82) is 0 Å². The first kappa shape index (κ1) is 13.2. The van der Waals surface area contributed by atoms with Crippen LogP contribution in [-0.2, 0) is 6.54 Å². The summed E-state index contributed by atoms with van der Waals surface area (Å²) in [7, 11) is 0. The van der Waals surface area contributed by atoms with Crippen LogP contribution in [0.5, 0.6) is 0 Å². The third kappa shape index (κ3) is 2.59. The quantitative estimate of drug-likeness (QED) is 0.842. The molecule has 0 saturated heterocycles. The van der Waals surface area contributed by atoms with E-state index in [0.29, 0.717) is 0 Å². The van der Waals surface area contributed by atoms with Crippen molar-refractivity contribution < 1.29 is 0 Å². The molecule has 0 aliphatic carbocycles. The molecule has 0 spiro atoms. The molecule has 2 rings (SSSR count). The highest BCUT2D eigenvalue weighted by atomic mass is 32.1. The zero-order valence-corrected chi connectivity index (χ0v) is 12.1. The van der Waals surface area contributed by atoms with Crippen LogP contribution in [0.2, 0.25) is 0 Å². The zero-order valence-electron chi connectivity index (χ0n) is 11.3. The van der Waals surface area contributed by atoms with E-state index in [1.165, 1.54) is 5.56 Å². The van der Waals surface area contributed by atoms with Crippen LogP contribution in [0.25, 0.3) is 5.13 Å². The number of aryl methyl sites for hydroxylation is 1. The van der Waals surface area contributed by atoms with Crippen molar-refractivity contribution in [3.8, 4) is 5.13 Å². The Morgan fingerprint density at radius 3 is 2.61 bits per heavy atom. The second-order valence-electron chi connectivity index (χ2n) is 4.36. The van der Waals surface area contributed by atoms with Gasteiger partial charge in [-0.1, -0.05) is 18.3 Å². The molecule has 5 nitrogen and oxygen atoms in total. The predicted molar refractivity (Wildman–Crippen MR) is 73.2 cm³/mol. The average molecular weight is 265 g/mol. The van der Waals surface area contributed by atoms with Gasteiger partial charge in [-0.05, 0) is 39.3 Å². The summed E-state index contributed by atoms with van der Waals surface area (Å²) in [5.41, 5.74) is 3.40. The fraction of sp³-hybridized carbons (Fsp3) is 0.583. The molecule has 18 heavy (non-hydrogen) atoms. The molecule has 1 N–H and O–H groups in total. The molecule has 0 saturated carbocycles. The van der Waals surface area contributed by atoms with Crippen LogP contribution < -0.4 is 5.32 Å². The van der Waals surface area contributed by atoms with E-state index in [2.05, 4.69) is 41.4 Å². The summed E-state index contributed by atoms with van der Waals surface area (Å²) in [5.74, 6) is 0. The normalized spacial score (nSPS) is 11.1. The van der Waals surface area contributed by atoms with Crippen molar-refractivity contribution in [1.82, 2.24) is 25.3 Å². The van der Waals surface area contributed by atoms with Crippen molar-refractivity contribution in [3.05, 3.63) is 22.0 Å². The van der Waals surface area contributed by atoms with E-state index in [9.17, 15) is 0 Å². The summed E-state index contributed by atoms with van der Waals surface area (Å²) < 4.78 is 1.88. The van der Waals surface area contributed by atoms with Gasteiger partial charge in [0.05, 0.1) is 5.69 Å². The van der Waals surface area contributed by atoms with Crippen LogP contribution in [-0.4, -0.2) is 26.5 Å². The summed E-state index contributed by atoms with van der Waals surface area (Å²) in [6.45, 7) is 10.1. The monoisotopic (exact) mass is 265 g/mol. The number of nitrogens with zero attached hydrogens (tertiary/aromatic N) is 4. The van der Waals surface area contributed by atoms with E-state index in [0.717, 1.165) is 41.0 Å². The lowest BCUT2D eigenvalue weighted by atomic mass is 10.2. The number of nitrogens with one attached hydrogen (secondary N) is 1. The first-order valence-corrected chi connectivity index (χ1v) is 7.01. The highest BCUT2D eigenvalue weighted by Crippen LogP contribution is 2.19. The minimum absolute atomic E-state index is 0.782. The van der Waals surface area contributed by atoms with Gasteiger partial charge in [-0.25, -0.2) is 4.68 Å². The Kier molecular flexibility index (Phi) is 4.08. The molecule has 2 heterocycles. The first-order valence-electron chi connectivity index (χ1n) is 6.19. The molecular formula is C12H19N5S. The number of hydrogen-bond donors (Lipinski definition) is 1. The van der Waals surface area contributed by atoms with E-state index in [-0.39, 0.29) is 0 Å². The maximum atomic E-state index is 4.49. The molecule has 0 fully saturated rings.